The largest absolute Gasteiger partial charge is 0.496 e. The van der Waals surface area contributed by atoms with E-state index >= 15 is 0 Å². The molecule has 1 saturated carbocycles. The van der Waals surface area contributed by atoms with Crippen molar-refractivity contribution in [2.45, 2.75) is 45.3 Å². The monoisotopic (exact) mass is 510 g/mol. The molecule has 200 valence electrons. The minimum atomic E-state index is 0.460. The SMILES string of the molecule is CCOCc1cc(OC)c(-c2cccc3c([N+](C)(CC4CC4)C4CCOCC4)c(OC)nn23)c(OC)c1. The van der Waals surface area contributed by atoms with Crippen molar-refractivity contribution in [2.75, 3.05) is 54.7 Å². The lowest BCUT2D eigenvalue weighted by Gasteiger charge is -2.42. The number of pyridine rings is 1. The van der Waals surface area contributed by atoms with E-state index in [1.165, 1.54) is 12.8 Å². The van der Waals surface area contributed by atoms with Gasteiger partial charge in [-0.2, -0.15) is 0 Å². The Bertz CT molecular complexity index is 1210. The van der Waals surface area contributed by atoms with E-state index < -0.39 is 0 Å². The molecule has 37 heavy (non-hydrogen) atoms. The highest BCUT2D eigenvalue weighted by Gasteiger charge is 2.45. The van der Waals surface area contributed by atoms with Crippen molar-refractivity contribution in [1.82, 2.24) is 14.1 Å². The van der Waals surface area contributed by atoms with E-state index in [0.717, 1.165) is 82.5 Å². The number of methoxy groups -OCH3 is 3. The zero-order chi connectivity index (χ0) is 26.0. The van der Waals surface area contributed by atoms with Crippen LogP contribution in [0.4, 0.5) is 5.69 Å². The zero-order valence-corrected chi connectivity index (χ0v) is 22.8. The first-order valence-electron chi connectivity index (χ1n) is 13.4. The summed E-state index contributed by atoms with van der Waals surface area (Å²) in [6.45, 7) is 5.83. The molecule has 0 bridgehead atoms. The fraction of sp³-hybridized carbons (Fsp3) is 0.552. The Balaban J connectivity index is 1.69. The Morgan fingerprint density at radius 3 is 2.30 bits per heavy atom. The molecule has 2 fully saturated rings. The summed E-state index contributed by atoms with van der Waals surface area (Å²) in [5, 5.41) is 5.03. The summed E-state index contributed by atoms with van der Waals surface area (Å²) in [5.41, 5.74) is 4.94. The molecule has 8 heteroatoms. The number of hydrogen-bond acceptors (Lipinski definition) is 6. The van der Waals surface area contributed by atoms with Gasteiger partial charge < -0.3 is 23.7 Å². The van der Waals surface area contributed by atoms with Crippen LogP contribution < -0.4 is 18.7 Å². The number of rotatable bonds is 11. The third kappa shape index (κ3) is 4.90. The summed E-state index contributed by atoms with van der Waals surface area (Å²) in [6.07, 6.45) is 4.66. The second-order valence-corrected chi connectivity index (χ2v) is 10.3. The predicted molar refractivity (Wildman–Crippen MR) is 145 cm³/mol. The number of fused-ring (bicyclic) bond motifs is 1. The zero-order valence-electron chi connectivity index (χ0n) is 22.8. The van der Waals surface area contributed by atoms with Gasteiger partial charge in [0, 0.05) is 25.4 Å². The average molecular weight is 511 g/mol. The Morgan fingerprint density at radius 2 is 1.70 bits per heavy atom. The molecule has 1 unspecified atom stereocenters. The molecule has 1 aliphatic heterocycles. The molecular weight excluding hydrogens is 470 g/mol. The van der Waals surface area contributed by atoms with Gasteiger partial charge in [0.2, 0.25) is 5.69 Å². The highest BCUT2D eigenvalue weighted by molar-refractivity contribution is 5.83. The first-order valence-corrected chi connectivity index (χ1v) is 13.4. The van der Waals surface area contributed by atoms with Crippen LogP contribution >= 0.6 is 0 Å². The number of ether oxygens (including phenoxy) is 5. The number of quaternary nitrogens is 1. The second kappa shape index (κ2) is 10.9. The van der Waals surface area contributed by atoms with Crippen LogP contribution in [0.5, 0.6) is 17.4 Å². The Hall–Kier alpha value is -2.81. The summed E-state index contributed by atoms with van der Waals surface area (Å²) in [6, 6.07) is 10.8. The number of aromatic nitrogens is 2. The maximum Gasteiger partial charge on any atom is 0.296 e. The Kier molecular flexibility index (Phi) is 7.60. The van der Waals surface area contributed by atoms with Gasteiger partial charge in [-0.3, -0.25) is 4.48 Å². The molecule has 1 atom stereocenters. The Labute approximate surface area is 219 Å². The molecule has 0 N–H and O–H groups in total. The second-order valence-electron chi connectivity index (χ2n) is 10.3. The van der Waals surface area contributed by atoms with Gasteiger partial charge in [0.25, 0.3) is 5.88 Å². The van der Waals surface area contributed by atoms with Gasteiger partial charge in [-0.1, -0.05) is 6.07 Å². The first-order chi connectivity index (χ1) is 18.0. The third-order valence-corrected chi connectivity index (χ3v) is 7.93. The fourth-order valence-corrected chi connectivity index (χ4v) is 5.88. The average Bonchev–Trinajstić information content (AvgIpc) is 3.66. The van der Waals surface area contributed by atoms with Gasteiger partial charge in [0.1, 0.15) is 17.0 Å². The highest BCUT2D eigenvalue weighted by atomic mass is 16.5. The van der Waals surface area contributed by atoms with Crippen molar-refractivity contribution in [1.29, 1.82) is 0 Å². The molecule has 1 aliphatic carbocycles. The van der Waals surface area contributed by atoms with E-state index in [1.54, 1.807) is 21.3 Å². The van der Waals surface area contributed by atoms with E-state index in [4.69, 9.17) is 28.8 Å². The summed E-state index contributed by atoms with van der Waals surface area (Å²) in [4.78, 5) is 0. The fourth-order valence-electron chi connectivity index (χ4n) is 5.88. The van der Waals surface area contributed by atoms with Crippen LogP contribution in [0.3, 0.4) is 0 Å². The molecule has 0 spiro atoms. The van der Waals surface area contributed by atoms with Crippen LogP contribution in [0.2, 0.25) is 0 Å². The molecule has 0 amide bonds. The molecule has 3 aromatic rings. The normalized spacial score (nSPS) is 18.1. The number of hydrogen-bond donors (Lipinski definition) is 0. The summed E-state index contributed by atoms with van der Waals surface area (Å²) >= 11 is 0. The van der Waals surface area contributed by atoms with Crippen LogP contribution in [0.25, 0.3) is 16.8 Å². The van der Waals surface area contributed by atoms with Crippen molar-refractivity contribution in [2.24, 2.45) is 5.92 Å². The van der Waals surface area contributed by atoms with Crippen LogP contribution in [0, 0.1) is 5.92 Å². The van der Waals surface area contributed by atoms with Crippen molar-refractivity contribution in [3.8, 4) is 28.6 Å². The maximum absolute atomic E-state index is 5.98. The van der Waals surface area contributed by atoms with E-state index in [9.17, 15) is 0 Å². The molecule has 1 aromatic carbocycles. The van der Waals surface area contributed by atoms with E-state index in [0.29, 0.717) is 25.1 Å². The smallest absolute Gasteiger partial charge is 0.296 e. The molecule has 2 aliphatic rings. The lowest BCUT2D eigenvalue weighted by atomic mass is 10.0. The van der Waals surface area contributed by atoms with Crippen LogP contribution in [0.1, 0.15) is 38.2 Å². The van der Waals surface area contributed by atoms with Gasteiger partial charge >= 0.3 is 0 Å². The van der Waals surface area contributed by atoms with Gasteiger partial charge in [-0.15, -0.1) is 5.10 Å². The molecule has 2 aromatic heterocycles. The standard InChI is InChI=1S/C29H40N3O5/c1-6-36-19-21-16-25(33-3)27(26(17-21)34-4)23-8-7-9-24-28(29(35-5)30-31(23)24)32(2,18-20-10-11-20)22-12-14-37-15-13-22/h7-9,16-17,20,22H,6,10-15,18-19H2,1-5H3/q+1. The van der Waals surface area contributed by atoms with Crippen LogP contribution in [0.15, 0.2) is 30.3 Å². The maximum atomic E-state index is 5.98. The van der Waals surface area contributed by atoms with Crippen molar-refractivity contribution in [3.05, 3.63) is 35.9 Å². The van der Waals surface area contributed by atoms with Crippen LogP contribution in [-0.4, -0.2) is 70.4 Å². The van der Waals surface area contributed by atoms with E-state index in [1.807, 2.05) is 23.6 Å². The lowest BCUT2D eigenvalue weighted by molar-refractivity contribution is 0.0432. The molecule has 8 nitrogen and oxygen atoms in total. The predicted octanol–water partition coefficient (Wildman–Crippen LogP) is 5.09. The Morgan fingerprint density at radius 1 is 1.00 bits per heavy atom. The minimum absolute atomic E-state index is 0.460. The molecule has 1 saturated heterocycles. The van der Waals surface area contributed by atoms with Gasteiger partial charge in [0.05, 0.1) is 72.0 Å². The summed E-state index contributed by atoms with van der Waals surface area (Å²) in [7, 11) is 7.46. The van der Waals surface area contributed by atoms with E-state index in [-0.39, 0.29) is 0 Å². The summed E-state index contributed by atoms with van der Waals surface area (Å²) < 4.78 is 31.9. The highest BCUT2D eigenvalue weighted by Crippen LogP contribution is 2.46. The van der Waals surface area contributed by atoms with Gasteiger partial charge in [0.15, 0.2) is 0 Å². The van der Waals surface area contributed by atoms with E-state index in [2.05, 4.69) is 25.2 Å². The number of nitrogens with zero attached hydrogens (tertiary/aromatic N) is 3. The topological polar surface area (TPSA) is 63.5 Å². The minimum Gasteiger partial charge on any atom is -0.496 e. The molecule has 5 rings (SSSR count). The van der Waals surface area contributed by atoms with Crippen molar-refractivity contribution >= 4 is 11.2 Å². The lowest BCUT2D eigenvalue weighted by Crippen LogP contribution is -2.56. The first kappa shape index (κ1) is 25.8. The van der Waals surface area contributed by atoms with Gasteiger partial charge in [-0.05, 0) is 49.6 Å². The molecule has 3 heterocycles. The third-order valence-electron chi connectivity index (χ3n) is 7.93. The van der Waals surface area contributed by atoms with Gasteiger partial charge in [-0.25, -0.2) is 4.52 Å². The molecular formula is C29H40N3O5+. The van der Waals surface area contributed by atoms with Crippen LogP contribution in [-0.2, 0) is 16.1 Å². The number of benzene rings is 1. The molecule has 0 radical (unpaired) electrons. The van der Waals surface area contributed by atoms with Crippen molar-refractivity contribution in [3.63, 3.8) is 0 Å². The summed E-state index contributed by atoms with van der Waals surface area (Å²) in [5.74, 6) is 2.86. The van der Waals surface area contributed by atoms with Crippen molar-refractivity contribution < 1.29 is 23.7 Å². The quantitative estimate of drug-likeness (QED) is 0.335.